The Morgan fingerprint density at radius 3 is 2.43 bits per heavy atom. The molecule has 2 N–H and O–H groups in total. The molecule has 3 rings (SSSR count). The van der Waals surface area contributed by atoms with E-state index in [1.807, 2.05) is 19.1 Å². The standard InChI is InChI=1S/C22H18Br2N2O4/c1-13-8-17(6-7-20(13)29-2)30-16-5-3-4-15(11-16)22(28)26-25-12-14-9-18(23)21(27)19(24)10-14/h3-12,27H,1-2H3,(H,26,28)/b25-12+. The Hall–Kier alpha value is -2.84. The van der Waals surface area contributed by atoms with Crippen molar-refractivity contribution >= 4 is 44.0 Å². The molecule has 3 aromatic rings. The molecular weight excluding hydrogens is 516 g/mol. The summed E-state index contributed by atoms with van der Waals surface area (Å²) in [6, 6.07) is 15.7. The van der Waals surface area contributed by atoms with Gasteiger partial charge in [0.25, 0.3) is 5.91 Å². The van der Waals surface area contributed by atoms with Crippen LogP contribution in [0.3, 0.4) is 0 Å². The number of nitrogens with zero attached hydrogens (tertiary/aromatic N) is 1. The number of rotatable bonds is 6. The minimum absolute atomic E-state index is 0.0973. The van der Waals surface area contributed by atoms with Crippen LogP contribution in [0.15, 0.2) is 68.6 Å². The average molecular weight is 534 g/mol. The van der Waals surface area contributed by atoms with E-state index in [1.54, 1.807) is 49.6 Å². The van der Waals surface area contributed by atoms with E-state index in [1.165, 1.54) is 6.21 Å². The lowest BCUT2D eigenvalue weighted by Gasteiger charge is -2.10. The summed E-state index contributed by atoms with van der Waals surface area (Å²) in [6.45, 7) is 1.93. The van der Waals surface area contributed by atoms with Gasteiger partial charge in [-0.05, 0) is 98.4 Å². The minimum atomic E-state index is -0.375. The number of hydrazone groups is 1. The zero-order valence-corrected chi connectivity index (χ0v) is 19.3. The average Bonchev–Trinajstić information content (AvgIpc) is 2.72. The maximum atomic E-state index is 12.4. The van der Waals surface area contributed by atoms with E-state index in [0.29, 0.717) is 31.6 Å². The summed E-state index contributed by atoms with van der Waals surface area (Å²) in [5.41, 5.74) is 4.53. The highest BCUT2D eigenvalue weighted by atomic mass is 79.9. The second-order valence-corrected chi connectivity index (χ2v) is 8.00. The van der Waals surface area contributed by atoms with Crippen molar-refractivity contribution in [3.63, 3.8) is 0 Å². The number of ether oxygens (including phenoxy) is 2. The number of phenols is 1. The van der Waals surface area contributed by atoms with Crippen LogP contribution >= 0.6 is 31.9 Å². The molecule has 0 heterocycles. The zero-order valence-electron chi connectivity index (χ0n) is 16.1. The fraction of sp³-hybridized carbons (Fsp3) is 0.0909. The van der Waals surface area contributed by atoms with E-state index in [-0.39, 0.29) is 11.7 Å². The topological polar surface area (TPSA) is 80.2 Å². The molecule has 0 aliphatic rings. The van der Waals surface area contributed by atoms with E-state index in [9.17, 15) is 9.90 Å². The molecule has 0 atom stereocenters. The number of nitrogens with one attached hydrogen (secondary N) is 1. The lowest BCUT2D eigenvalue weighted by Crippen LogP contribution is -2.17. The van der Waals surface area contributed by atoms with Crippen molar-refractivity contribution in [2.24, 2.45) is 5.10 Å². The Kier molecular flexibility index (Phi) is 7.12. The van der Waals surface area contributed by atoms with Gasteiger partial charge >= 0.3 is 0 Å². The van der Waals surface area contributed by atoms with Crippen molar-refractivity contribution in [1.82, 2.24) is 5.43 Å². The van der Waals surface area contributed by atoms with Gasteiger partial charge in [-0.1, -0.05) is 6.07 Å². The summed E-state index contributed by atoms with van der Waals surface area (Å²) in [5.74, 6) is 1.68. The van der Waals surface area contributed by atoms with Crippen molar-refractivity contribution in [2.45, 2.75) is 6.92 Å². The van der Waals surface area contributed by atoms with Gasteiger partial charge in [0.1, 0.15) is 23.0 Å². The van der Waals surface area contributed by atoms with Gasteiger partial charge in [0.2, 0.25) is 0 Å². The number of carbonyl (C=O) groups is 1. The van der Waals surface area contributed by atoms with E-state index in [4.69, 9.17) is 9.47 Å². The lowest BCUT2D eigenvalue weighted by atomic mass is 10.2. The van der Waals surface area contributed by atoms with E-state index in [2.05, 4.69) is 42.4 Å². The van der Waals surface area contributed by atoms with Crippen molar-refractivity contribution in [1.29, 1.82) is 0 Å². The predicted octanol–water partition coefficient (Wildman–Crippen LogP) is 5.79. The normalized spacial score (nSPS) is 10.8. The molecule has 0 fully saturated rings. The van der Waals surface area contributed by atoms with E-state index < -0.39 is 0 Å². The second kappa shape index (κ2) is 9.77. The number of carbonyl (C=O) groups excluding carboxylic acids is 1. The van der Waals surface area contributed by atoms with Crippen LogP contribution in [0.5, 0.6) is 23.0 Å². The molecule has 0 spiro atoms. The number of methoxy groups -OCH3 is 1. The zero-order chi connectivity index (χ0) is 21.7. The molecule has 0 aromatic heterocycles. The monoisotopic (exact) mass is 532 g/mol. The first kappa shape index (κ1) is 21.9. The number of benzene rings is 3. The first-order valence-corrected chi connectivity index (χ1v) is 10.4. The Bertz CT molecular complexity index is 1090. The molecule has 30 heavy (non-hydrogen) atoms. The maximum Gasteiger partial charge on any atom is 0.271 e. The van der Waals surface area contributed by atoms with Gasteiger partial charge in [-0.3, -0.25) is 4.79 Å². The third-order valence-electron chi connectivity index (χ3n) is 4.12. The summed E-state index contributed by atoms with van der Waals surface area (Å²) >= 11 is 6.50. The maximum absolute atomic E-state index is 12.4. The first-order valence-electron chi connectivity index (χ1n) is 8.81. The lowest BCUT2D eigenvalue weighted by molar-refractivity contribution is 0.0955. The van der Waals surface area contributed by atoms with Gasteiger partial charge in [-0.15, -0.1) is 0 Å². The van der Waals surface area contributed by atoms with Gasteiger partial charge < -0.3 is 14.6 Å². The highest BCUT2D eigenvalue weighted by Crippen LogP contribution is 2.33. The Balaban J connectivity index is 1.68. The number of hydrogen-bond acceptors (Lipinski definition) is 5. The quantitative estimate of drug-likeness (QED) is 0.310. The van der Waals surface area contributed by atoms with Crippen LogP contribution in [0.4, 0.5) is 0 Å². The molecule has 0 aliphatic carbocycles. The van der Waals surface area contributed by atoms with Crippen LogP contribution in [0.1, 0.15) is 21.5 Å². The summed E-state index contributed by atoms with van der Waals surface area (Å²) in [4.78, 5) is 12.4. The van der Waals surface area contributed by atoms with Crippen molar-refractivity contribution in [3.8, 4) is 23.0 Å². The number of aryl methyl sites for hydroxylation is 1. The molecule has 0 saturated carbocycles. The van der Waals surface area contributed by atoms with Gasteiger partial charge in [0.05, 0.1) is 22.3 Å². The van der Waals surface area contributed by atoms with Crippen molar-refractivity contribution < 1.29 is 19.4 Å². The van der Waals surface area contributed by atoms with Crippen LogP contribution in [0.2, 0.25) is 0 Å². The van der Waals surface area contributed by atoms with Crippen LogP contribution in [0, 0.1) is 6.92 Å². The van der Waals surface area contributed by atoms with Crippen LogP contribution in [-0.4, -0.2) is 24.3 Å². The first-order chi connectivity index (χ1) is 14.4. The summed E-state index contributed by atoms with van der Waals surface area (Å²) in [5, 5.41) is 13.7. The van der Waals surface area contributed by atoms with Gasteiger partial charge in [0, 0.05) is 5.56 Å². The molecule has 3 aromatic carbocycles. The number of amides is 1. The molecule has 0 aliphatic heterocycles. The predicted molar refractivity (Wildman–Crippen MR) is 123 cm³/mol. The molecule has 154 valence electrons. The van der Waals surface area contributed by atoms with Gasteiger partial charge in [0.15, 0.2) is 0 Å². The smallest absolute Gasteiger partial charge is 0.271 e. The fourth-order valence-electron chi connectivity index (χ4n) is 2.64. The highest BCUT2D eigenvalue weighted by Gasteiger charge is 2.08. The molecule has 1 amide bonds. The highest BCUT2D eigenvalue weighted by molar-refractivity contribution is 9.11. The summed E-state index contributed by atoms with van der Waals surface area (Å²) in [6.07, 6.45) is 1.48. The van der Waals surface area contributed by atoms with Crippen LogP contribution in [0.25, 0.3) is 0 Å². The van der Waals surface area contributed by atoms with Crippen molar-refractivity contribution in [3.05, 3.63) is 80.2 Å². The van der Waals surface area contributed by atoms with E-state index >= 15 is 0 Å². The number of hydrogen-bond donors (Lipinski definition) is 2. The third kappa shape index (κ3) is 5.40. The SMILES string of the molecule is COc1ccc(Oc2cccc(C(=O)N/N=C/c3cc(Br)c(O)c(Br)c3)c2)cc1C. The summed E-state index contributed by atoms with van der Waals surface area (Å²) < 4.78 is 12.1. The fourth-order valence-corrected chi connectivity index (χ4v) is 3.86. The molecule has 0 radical (unpaired) electrons. The van der Waals surface area contributed by atoms with Gasteiger partial charge in [-0.2, -0.15) is 5.10 Å². The second-order valence-electron chi connectivity index (χ2n) is 6.29. The van der Waals surface area contributed by atoms with E-state index in [0.717, 1.165) is 11.3 Å². The third-order valence-corrected chi connectivity index (χ3v) is 5.33. The number of phenolic OH excluding ortho intramolecular Hbond substituents is 1. The molecule has 0 saturated heterocycles. The Morgan fingerprint density at radius 1 is 1.07 bits per heavy atom. The molecule has 8 heteroatoms. The Labute approximate surface area is 190 Å². The molecule has 6 nitrogen and oxygen atoms in total. The largest absolute Gasteiger partial charge is 0.506 e. The molecular formula is C22H18Br2N2O4. The van der Waals surface area contributed by atoms with Gasteiger partial charge in [-0.25, -0.2) is 5.43 Å². The summed E-state index contributed by atoms with van der Waals surface area (Å²) in [7, 11) is 1.62. The van der Waals surface area contributed by atoms with Crippen LogP contribution in [-0.2, 0) is 0 Å². The Morgan fingerprint density at radius 2 is 1.77 bits per heavy atom. The molecule has 0 bridgehead atoms. The number of aromatic hydroxyl groups is 1. The number of halogens is 2. The van der Waals surface area contributed by atoms with Crippen molar-refractivity contribution in [2.75, 3.05) is 7.11 Å². The van der Waals surface area contributed by atoms with Crippen LogP contribution < -0.4 is 14.9 Å². The minimum Gasteiger partial charge on any atom is -0.506 e. The molecule has 0 unspecified atom stereocenters.